The molecule has 1 fully saturated rings. The summed E-state index contributed by atoms with van der Waals surface area (Å²) >= 11 is 0. The average molecular weight is 267 g/mol. The van der Waals surface area contributed by atoms with Gasteiger partial charge in [0.25, 0.3) is 0 Å². The molecule has 5 nitrogen and oxygen atoms in total. The summed E-state index contributed by atoms with van der Waals surface area (Å²) in [6.07, 6.45) is -5.29. The summed E-state index contributed by atoms with van der Waals surface area (Å²) in [5.74, 6) is -1.98. The van der Waals surface area contributed by atoms with Crippen molar-refractivity contribution in [3.8, 4) is 0 Å². The number of halogens is 3. The second kappa shape index (κ2) is 4.87. The van der Waals surface area contributed by atoms with Crippen molar-refractivity contribution < 1.29 is 32.6 Å². The van der Waals surface area contributed by atoms with E-state index in [1.165, 1.54) is 6.08 Å². The lowest BCUT2D eigenvalue weighted by Crippen LogP contribution is -2.47. The number of ether oxygens (including phenoxy) is 1. The smallest absolute Gasteiger partial charge is 0.410 e. The third kappa shape index (κ3) is 2.41. The predicted octanol–water partition coefficient (Wildman–Crippen LogP) is 1.65. The Hall–Kier alpha value is -1.73. The molecule has 0 aromatic heterocycles. The van der Waals surface area contributed by atoms with Crippen molar-refractivity contribution in [3.05, 3.63) is 12.7 Å². The molecule has 0 saturated carbocycles. The lowest BCUT2D eigenvalue weighted by Gasteiger charge is -2.26. The second-order valence-electron chi connectivity index (χ2n) is 3.92. The number of hydrogen-bond acceptors (Lipinski definition) is 3. The molecular formula is C10H12F3NO4. The molecule has 1 heterocycles. The zero-order valence-corrected chi connectivity index (χ0v) is 9.37. The van der Waals surface area contributed by atoms with Crippen molar-refractivity contribution in [2.24, 2.45) is 5.41 Å². The Morgan fingerprint density at radius 2 is 2.11 bits per heavy atom. The Labute approximate surface area is 101 Å². The molecule has 0 bridgehead atoms. The summed E-state index contributed by atoms with van der Waals surface area (Å²) in [4.78, 5) is 22.9. The van der Waals surface area contributed by atoms with Gasteiger partial charge in [-0.05, 0) is 6.42 Å². The van der Waals surface area contributed by atoms with Crippen molar-refractivity contribution in [2.45, 2.75) is 12.6 Å². The first-order valence-corrected chi connectivity index (χ1v) is 5.07. The first-order chi connectivity index (χ1) is 8.24. The topological polar surface area (TPSA) is 66.8 Å². The van der Waals surface area contributed by atoms with Gasteiger partial charge in [0.05, 0.1) is 0 Å². The summed E-state index contributed by atoms with van der Waals surface area (Å²) in [7, 11) is 0. The number of carboxylic acids is 1. The van der Waals surface area contributed by atoms with Gasteiger partial charge in [-0.2, -0.15) is 13.2 Å². The highest BCUT2D eigenvalue weighted by molar-refractivity contribution is 5.78. The van der Waals surface area contributed by atoms with Crippen LogP contribution >= 0.6 is 0 Å². The van der Waals surface area contributed by atoms with E-state index in [0.717, 1.165) is 4.90 Å². The van der Waals surface area contributed by atoms with Crippen LogP contribution in [0.15, 0.2) is 12.7 Å². The number of nitrogens with zero attached hydrogens (tertiary/aromatic N) is 1. The zero-order chi connectivity index (χ0) is 14.0. The van der Waals surface area contributed by atoms with Gasteiger partial charge in [-0.15, -0.1) is 0 Å². The number of aliphatic carboxylic acids is 1. The Kier molecular flexibility index (Phi) is 3.88. The van der Waals surface area contributed by atoms with Gasteiger partial charge in [-0.1, -0.05) is 12.7 Å². The van der Waals surface area contributed by atoms with E-state index in [1.807, 2.05) is 0 Å². The summed E-state index contributed by atoms with van der Waals surface area (Å²) in [6, 6.07) is 0. The van der Waals surface area contributed by atoms with E-state index in [1.54, 1.807) is 0 Å². The lowest BCUT2D eigenvalue weighted by molar-refractivity contribution is -0.227. The molecule has 1 unspecified atom stereocenters. The van der Waals surface area contributed by atoms with Gasteiger partial charge >= 0.3 is 18.2 Å². The minimum atomic E-state index is -4.91. The van der Waals surface area contributed by atoms with Crippen LogP contribution in [-0.4, -0.2) is 47.9 Å². The number of amides is 1. The average Bonchev–Trinajstić information content (AvgIpc) is 2.71. The van der Waals surface area contributed by atoms with Crippen LogP contribution in [0.1, 0.15) is 6.42 Å². The fourth-order valence-electron chi connectivity index (χ4n) is 1.71. The van der Waals surface area contributed by atoms with Crippen LogP contribution < -0.4 is 0 Å². The van der Waals surface area contributed by atoms with Crippen molar-refractivity contribution in [1.29, 1.82) is 0 Å². The van der Waals surface area contributed by atoms with E-state index in [-0.39, 0.29) is 13.2 Å². The molecule has 0 aliphatic carbocycles. The number of likely N-dealkylation sites (tertiary alicyclic amines) is 1. The van der Waals surface area contributed by atoms with Crippen molar-refractivity contribution in [2.75, 3.05) is 19.7 Å². The summed E-state index contributed by atoms with van der Waals surface area (Å²) in [6.45, 7) is 1.92. The highest BCUT2D eigenvalue weighted by Gasteiger charge is 2.64. The second-order valence-corrected chi connectivity index (χ2v) is 3.92. The van der Waals surface area contributed by atoms with E-state index in [9.17, 15) is 22.8 Å². The third-order valence-corrected chi connectivity index (χ3v) is 2.80. The maximum Gasteiger partial charge on any atom is 0.410 e. The van der Waals surface area contributed by atoms with E-state index in [2.05, 4.69) is 11.3 Å². The number of carbonyl (C=O) groups excluding carboxylic acids is 1. The summed E-state index contributed by atoms with van der Waals surface area (Å²) in [5.41, 5.74) is -2.90. The third-order valence-electron chi connectivity index (χ3n) is 2.80. The monoisotopic (exact) mass is 267 g/mol. The number of carbonyl (C=O) groups is 2. The van der Waals surface area contributed by atoms with Gasteiger partial charge in [0, 0.05) is 13.1 Å². The molecular weight excluding hydrogens is 255 g/mol. The number of hydrogen-bond donors (Lipinski definition) is 1. The first-order valence-electron chi connectivity index (χ1n) is 5.07. The molecule has 8 heteroatoms. The molecule has 18 heavy (non-hydrogen) atoms. The highest BCUT2D eigenvalue weighted by Crippen LogP contribution is 2.45. The molecule has 0 radical (unpaired) electrons. The van der Waals surface area contributed by atoms with Crippen LogP contribution in [0.3, 0.4) is 0 Å². The van der Waals surface area contributed by atoms with E-state index in [0.29, 0.717) is 0 Å². The maximum atomic E-state index is 12.8. The minimum absolute atomic E-state index is 0.137. The van der Waals surface area contributed by atoms with Gasteiger partial charge in [0.1, 0.15) is 6.61 Å². The molecule has 1 N–H and O–H groups in total. The lowest BCUT2D eigenvalue weighted by atomic mass is 9.86. The van der Waals surface area contributed by atoms with Gasteiger partial charge in [0.15, 0.2) is 5.41 Å². The molecule has 1 saturated heterocycles. The number of carboxylic acid groups (broad SMARTS) is 1. The van der Waals surface area contributed by atoms with Crippen LogP contribution in [0.5, 0.6) is 0 Å². The predicted molar refractivity (Wildman–Crippen MR) is 53.9 cm³/mol. The summed E-state index contributed by atoms with van der Waals surface area (Å²) in [5, 5.41) is 8.76. The largest absolute Gasteiger partial charge is 0.481 e. The molecule has 1 atom stereocenters. The summed E-state index contributed by atoms with van der Waals surface area (Å²) < 4.78 is 42.9. The van der Waals surface area contributed by atoms with Crippen molar-refractivity contribution >= 4 is 12.1 Å². The fourth-order valence-corrected chi connectivity index (χ4v) is 1.71. The van der Waals surface area contributed by atoms with Crippen molar-refractivity contribution in [3.63, 3.8) is 0 Å². The highest BCUT2D eigenvalue weighted by atomic mass is 19.4. The van der Waals surface area contributed by atoms with Crippen LogP contribution in [-0.2, 0) is 9.53 Å². The zero-order valence-electron chi connectivity index (χ0n) is 9.37. The maximum absolute atomic E-state index is 12.8. The normalized spacial score (nSPS) is 23.8. The number of alkyl halides is 3. The Morgan fingerprint density at radius 3 is 2.50 bits per heavy atom. The molecule has 1 aliphatic heterocycles. The van der Waals surface area contributed by atoms with Gasteiger partial charge in [-0.25, -0.2) is 4.79 Å². The molecule has 0 aromatic rings. The van der Waals surface area contributed by atoms with E-state index >= 15 is 0 Å². The minimum Gasteiger partial charge on any atom is -0.481 e. The van der Waals surface area contributed by atoms with Gasteiger partial charge < -0.3 is 14.7 Å². The molecule has 1 rings (SSSR count). The van der Waals surface area contributed by atoms with Crippen molar-refractivity contribution in [1.82, 2.24) is 4.90 Å². The Bertz CT molecular complexity index is 369. The van der Waals surface area contributed by atoms with E-state index < -0.39 is 36.6 Å². The van der Waals surface area contributed by atoms with Crippen LogP contribution in [0, 0.1) is 5.41 Å². The molecule has 102 valence electrons. The SMILES string of the molecule is C=CCOC(=O)N1CCC(C(=O)O)(C(F)(F)F)C1. The molecule has 0 aromatic carbocycles. The first kappa shape index (κ1) is 14.3. The van der Waals surface area contributed by atoms with Crippen LogP contribution in [0.25, 0.3) is 0 Å². The molecule has 1 aliphatic rings. The molecule has 0 spiro atoms. The fraction of sp³-hybridized carbons (Fsp3) is 0.600. The standard InChI is InChI=1S/C10H12F3NO4/c1-2-5-18-8(17)14-4-3-9(6-14,7(15)16)10(11,12)13/h2H,1,3-6H2,(H,15,16). The van der Waals surface area contributed by atoms with Crippen LogP contribution in [0.4, 0.5) is 18.0 Å². The number of rotatable bonds is 3. The van der Waals surface area contributed by atoms with E-state index in [4.69, 9.17) is 5.11 Å². The van der Waals surface area contributed by atoms with Gasteiger partial charge in [-0.3, -0.25) is 4.79 Å². The van der Waals surface area contributed by atoms with Crippen LogP contribution in [0.2, 0.25) is 0 Å². The molecule has 1 amide bonds. The Balaban J connectivity index is 2.81. The van der Waals surface area contributed by atoms with Gasteiger partial charge in [0.2, 0.25) is 0 Å². The quantitative estimate of drug-likeness (QED) is 0.789. The Morgan fingerprint density at radius 1 is 1.50 bits per heavy atom.